The van der Waals surface area contributed by atoms with E-state index in [4.69, 9.17) is 0 Å². The second-order valence-corrected chi connectivity index (χ2v) is 7.35. The van der Waals surface area contributed by atoms with Crippen molar-refractivity contribution in [2.24, 2.45) is 0 Å². The van der Waals surface area contributed by atoms with Gasteiger partial charge in [0.2, 0.25) is 10.0 Å². The van der Waals surface area contributed by atoms with Crippen LogP contribution in [-0.4, -0.2) is 8.42 Å². The first-order chi connectivity index (χ1) is 10.6. The van der Waals surface area contributed by atoms with Crippen LogP contribution in [0, 0.1) is 39.3 Å². The summed E-state index contributed by atoms with van der Waals surface area (Å²) in [6, 6.07) is 4.88. The molecule has 2 aromatic carbocycles. The average molecular weight is 339 g/mol. The highest BCUT2D eigenvalue weighted by atomic mass is 32.2. The number of hydrogen-bond donors (Lipinski definition) is 1. The van der Waals surface area contributed by atoms with Crippen molar-refractivity contribution >= 4 is 10.0 Å². The Morgan fingerprint density at radius 1 is 0.957 bits per heavy atom. The Morgan fingerprint density at radius 2 is 1.52 bits per heavy atom. The molecule has 3 nitrogen and oxygen atoms in total. The third-order valence-corrected chi connectivity index (χ3v) is 5.70. The second kappa shape index (κ2) is 6.37. The largest absolute Gasteiger partial charge is 0.241 e. The molecule has 0 fully saturated rings. The van der Waals surface area contributed by atoms with Crippen LogP contribution in [0.25, 0.3) is 0 Å². The Kier molecular flexibility index (Phi) is 4.87. The van der Waals surface area contributed by atoms with Gasteiger partial charge in [-0.05, 0) is 68.1 Å². The quantitative estimate of drug-likeness (QED) is 0.924. The summed E-state index contributed by atoms with van der Waals surface area (Å²) in [6.45, 7) is 6.84. The molecule has 0 amide bonds. The molecule has 0 heterocycles. The molecule has 0 aliphatic carbocycles. The molecule has 0 saturated heterocycles. The van der Waals surface area contributed by atoms with Gasteiger partial charge in [0.15, 0.2) is 0 Å². The fourth-order valence-corrected chi connectivity index (χ4v) is 4.13. The van der Waals surface area contributed by atoms with Crippen LogP contribution >= 0.6 is 0 Å². The van der Waals surface area contributed by atoms with Crippen LogP contribution in [0.2, 0.25) is 0 Å². The van der Waals surface area contributed by atoms with E-state index in [2.05, 4.69) is 4.72 Å². The van der Waals surface area contributed by atoms with E-state index < -0.39 is 21.7 Å². The van der Waals surface area contributed by atoms with Gasteiger partial charge in [-0.25, -0.2) is 21.9 Å². The minimum Gasteiger partial charge on any atom is -0.207 e. The molecule has 0 saturated carbocycles. The zero-order chi connectivity index (χ0) is 17.4. The molecular formula is C17H19F2NO2S. The van der Waals surface area contributed by atoms with Crippen molar-refractivity contribution in [1.29, 1.82) is 0 Å². The first-order valence-electron chi connectivity index (χ1n) is 7.14. The number of sulfonamides is 1. The van der Waals surface area contributed by atoms with E-state index in [9.17, 15) is 17.2 Å². The van der Waals surface area contributed by atoms with Crippen LogP contribution in [0.1, 0.15) is 27.8 Å². The fourth-order valence-electron chi connectivity index (χ4n) is 2.51. The van der Waals surface area contributed by atoms with Crippen molar-refractivity contribution in [2.45, 2.75) is 39.1 Å². The Labute approximate surface area is 135 Å². The van der Waals surface area contributed by atoms with Gasteiger partial charge in [0.05, 0.1) is 4.90 Å². The summed E-state index contributed by atoms with van der Waals surface area (Å²) in [5.74, 6) is -1.26. The van der Waals surface area contributed by atoms with E-state index in [0.717, 1.165) is 29.3 Å². The van der Waals surface area contributed by atoms with Gasteiger partial charge in [0.1, 0.15) is 11.6 Å². The Morgan fingerprint density at radius 3 is 2.09 bits per heavy atom. The summed E-state index contributed by atoms with van der Waals surface area (Å²) >= 11 is 0. The number of hydrogen-bond acceptors (Lipinski definition) is 2. The smallest absolute Gasteiger partial charge is 0.207 e. The molecule has 0 radical (unpaired) electrons. The van der Waals surface area contributed by atoms with Gasteiger partial charge in [-0.3, -0.25) is 0 Å². The molecule has 1 N–H and O–H groups in total. The van der Waals surface area contributed by atoms with E-state index in [0.29, 0.717) is 11.1 Å². The van der Waals surface area contributed by atoms with Crippen LogP contribution in [0.3, 0.4) is 0 Å². The highest BCUT2D eigenvalue weighted by Gasteiger charge is 2.22. The van der Waals surface area contributed by atoms with Crippen molar-refractivity contribution in [2.75, 3.05) is 0 Å². The summed E-state index contributed by atoms with van der Waals surface area (Å²) in [7, 11) is -3.83. The minimum atomic E-state index is -3.83. The standard InChI is InChI=1S/C17H19F2NO2S/c1-10-7-11(2)13(4)17(12(10)3)23(21,22)20-9-14-8-15(18)5-6-16(14)19/h5-8,20H,9H2,1-4H3. The molecule has 2 rings (SSSR count). The zero-order valence-corrected chi connectivity index (χ0v) is 14.3. The Bertz CT molecular complexity index is 835. The van der Waals surface area contributed by atoms with Crippen LogP contribution in [-0.2, 0) is 16.6 Å². The van der Waals surface area contributed by atoms with Crippen molar-refractivity contribution < 1.29 is 17.2 Å². The first kappa shape index (κ1) is 17.6. The number of rotatable bonds is 4. The molecule has 0 atom stereocenters. The Hall–Kier alpha value is -1.79. The molecule has 0 aliphatic heterocycles. The fraction of sp³-hybridized carbons (Fsp3) is 0.294. The number of halogens is 2. The minimum absolute atomic E-state index is 0.0340. The van der Waals surface area contributed by atoms with Gasteiger partial charge in [0, 0.05) is 12.1 Å². The van der Waals surface area contributed by atoms with Gasteiger partial charge in [-0.2, -0.15) is 0 Å². The summed E-state index contributed by atoms with van der Waals surface area (Å²) in [6.07, 6.45) is 0. The summed E-state index contributed by atoms with van der Waals surface area (Å²) < 4.78 is 54.4. The van der Waals surface area contributed by atoms with Crippen molar-refractivity contribution in [3.63, 3.8) is 0 Å². The van der Waals surface area contributed by atoms with Gasteiger partial charge in [-0.1, -0.05) is 6.07 Å². The maximum atomic E-state index is 13.6. The lowest BCUT2D eigenvalue weighted by molar-refractivity contribution is 0.566. The summed E-state index contributed by atoms with van der Waals surface area (Å²) in [5, 5.41) is 0. The Balaban J connectivity index is 2.39. The molecule has 0 aliphatic rings. The van der Waals surface area contributed by atoms with Crippen LogP contribution < -0.4 is 4.72 Å². The number of benzene rings is 2. The van der Waals surface area contributed by atoms with E-state index in [1.165, 1.54) is 0 Å². The number of nitrogens with one attached hydrogen (secondary N) is 1. The third-order valence-electron chi connectivity index (χ3n) is 4.03. The molecule has 0 aromatic heterocycles. The monoisotopic (exact) mass is 339 g/mol. The van der Waals surface area contributed by atoms with Crippen molar-refractivity contribution in [1.82, 2.24) is 4.72 Å². The number of aryl methyl sites for hydroxylation is 2. The molecule has 0 unspecified atom stereocenters. The zero-order valence-electron chi connectivity index (χ0n) is 13.5. The van der Waals surface area contributed by atoms with Crippen molar-refractivity contribution in [3.8, 4) is 0 Å². The topological polar surface area (TPSA) is 46.2 Å². The lowest BCUT2D eigenvalue weighted by atomic mass is 10.0. The highest BCUT2D eigenvalue weighted by Crippen LogP contribution is 2.26. The molecular weight excluding hydrogens is 320 g/mol. The van der Waals surface area contributed by atoms with E-state index in [-0.39, 0.29) is 17.0 Å². The van der Waals surface area contributed by atoms with Gasteiger partial charge < -0.3 is 0 Å². The predicted molar refractivity (Wildman–Crippen MR) is 85.8 cm³/mol. The van der Waals surface area contributed by atoms with E-state index in [1.807, 2.05) is 19.9 Å². The molecule has 6 heteroatoms. The molecule has 2 aromatic rings. The van der Waals surface area contributed by atoms with Gasteiger partial charge in [0.25, 0.3) is 0 Å². The normalized spacial score (nSPS) is 11.7. The van der Waals surface area contributed by atoms with Gasteiger partial charge >= 0.3 is 0 Å². The SMILES string of the molecule is Cc1cc(C)c(C)c(S(=O)(=O)NCc2cc(F)ccc2F)c1C. The van der Waals surface area contributed by atoms with Crippen LogP contribution in [0.4, 0.5) is 8.78 Å². The lowest BCUT2D eigenvalue weighted by Crippen LogP contribution is -2.26. The second-order valence-electron chi connectivity index (χ2n) is 5.65. The summed E-state index contributed by atoms with van der Waals surface area (Å²) in [5.41, 5.74) is 3.00. The van der Waals surface area contributed by atoms with E-state index >= 15 is 0 Å². The summed E-state index contributed by atoms with van der Waals surface area (Å²) in [4.78, 5) is 0.201. The maximum absolute atomic E-state index is 13.6. The van der Waals surface area contributed by atoms with Gasteiger partial charge in [-0.15, -0.1) is 0 Å². The molecule has 23 heavy (non-hydrogen) atoms. The molecule has 0 bridgehead atoms. The van der Waals surface area contributed by atoms with Crippen LogP contribution in [0.5, 0.6) is 0 Å². The molecule has 124 valence electrons. The third kappa shape index (κ3) is 3.59. The van der Waals surface area contributed by atoms with Crippen molar-refractivity contribution in [3.05, 3.63) is 63.7 Å². The predicted octanol–water partition coefficient (Wildman–Crippen LogP) is 3.68. The van der Waals surface area contributed by atoms with Crippen LogP contribution in [0.15, 0.2) is 29.2 Å². The molecule has 0 spiro atoms. The highest BCUT2D eigenvalue weighted by molar-refractivity contribution is 7.89. The average Bonchev–Trinajstić information content (AvgIpc) is 2.46. The lowest BCUT2D eigenvalue weighted by Gasteiger charge is -2.16. The first-order valence-corrected chi connectivity index (χ1v) is 8.63. The maximum Gasteiger partial charge on any atom is 0.241 e. The van der Waals surface area contributed by atoms with E-state index in [1.54, 1.807) is 13.8 Å².